The maximum Gasteiger partial charge on any atom is 0.325 e. The van der Waals surface area contributed by atoms with E-state index in [1.165, 1.54) is 0 Å². The Morgan fingerprint density at radius 3 is 2.93 bits per heavy atom. The largest absolute Gasteiger partial charge is 0.465 e. The standard InChI is InChI=1S/C8H12N4O2/c1-2-14-8(13)5-10-7-4-3-6(9)11-12-7/h3-4H,2,5H2,1H3,(H2,9,11)(H,10,12). The van der Waals surface area contributed by atoms with E-state index in [0.717, 1.165) is 0 Å². The van der Waals surface area contributed by atoms with Crippen LogP contribution in [0.25, 0.3) is 0 Å². The summed E-state index contributed by atoms with van der Waals surface area (Å²) in [6.07, 6.45) is 0. The summed E-state index contributed by atoms with van der Waals surface area (Å²) in [6, 6.07) is 3.24. The van der Waals surface area contributed by atoms with Crippen LogP contribution >= 0.6 is 0 Å². The molecule has 1 heterocycles. The number of nitrogen functional groups attached to an aromatic ring is 1. The van der Waals surface area contributed by atoms with Gasteiger partial charge in [0.05, 0.1) is 6.61 Å². The van der Waals surface area contributed by atoms with Gasteiger partial charge in [-0.15, -0.1) is 10.2 Å². The van der Waals surface area contributed by atoms with Crippen LogP contribution < -0.4 is 11.1 Å². The Morgan fingerprint density at radius 1 is 1.57 bits per heavy atom. The molecule has 0 saturated heterocycles. The first kappa shape index (κ1) is 10.2. The molecule has 3 N–H and O–H groups in total. The second-order valence-electron chi connectivity index (χ2n) is 2.50. The maximum absolute atomic E-state index is 10.9. The minimum absolute atomic E-state index is 0.0758. The molecular weight excluding hydrogens is 184 g/mol. The number of aromatic nitrogens is 2. The van der Waals surface area contributed by atoms with E-state index in [1.807, 2.05) is 0 Å². The van der Waals surface area contributed by atoms with Crippen molar-refractivity contribution in [2.75, 3.05) is 24.2 Å². The van der Waals surface area contributed by atoms with E-state index in [-0.39, 0.29) is 12.5 Å². The number of carbonyl (C=O) groups is 1. The molecular formula is C8H12N4O2. The van der Waals surface area contributed by atoms with Crippen LogP contribution in [0.4, 0.5) is 11.6 Å². The molecule has 0 radical (unpaired) electrons. The van der Waals surface area contributed by atoms with Crippen molar-refractivity contribution in [1.82, 2.24) is 10.2 Å². The summed E-state index contributed by atoms with van der Waals surface area (Å²) >= 11 is 0. The number of nitrogens with zero attached hydrogens (tertiary/aromatic N) is 2. The number of hydrogen-bond acceptors (Lipinski definition) is 6. The highest BCUT2D eigenvalue weighted by Crippen LogP contribution is 2.01. The summed E-state index contributed by atoms with van der Waals surface area (Å²) in [4.78, 5) is 10.9. The molecule has 1 rings (SSSR count). The summed E-state index contributed by atoms with van der Waals surface area (Å²) in [6.45, 7) is 2.20. The highest BCUT2D eigenvalue weighted by molar-refractivity contribution is 5.74. The van der Waals surface area contributed by atoms with E-state index in [0.29, 0.717) is 18.2 Å². The molecule has 6 nitrogen and oxygen atoms in total. The average molecular weight is 196 g/mol. The number of nitrogens with two attached hydrogens (primary N) is 1. The zero-order valence-corrected chi connectivity index (χ0v) is 7.86. The average Bonchev–Trinajstić information content (AvgIpc) is 2.17. The number of carbonyl (C=O) groups excluding carboxylic acids is 1. The summed E-state index contributed by atoms with van der Waals surface area (Å²) in [7, 11) is 0. The van der Waals surface area contributed by atoms with Crippen molar-refractivity contribution in [3.8, 4) is 0 Å². The molecule has 76 valence electrons. The molecule has 0 spiro atoms. The van der Waals surface area contributed by atoms with Gasteiger partial charge in [0.15, 0.2) is 0 Å². The Kier molecular flexibility index (Phi) is 3.66. The second-order valence-corrected chi connectivity index (χ2v) is 2.50. The number of rotatable bonds is 4. The molecule has 0 bridgehead atoms. The third kappa shape index (κ3) is 3.26. The predicted octanol–water partition coefficient (Wildman–Crippen LogP) is 0.0338. The Balaban J connectivity index is 2.38. The van der Waals surface area contributed by atoms with Crippen LogP contribution in [0.15, 0.2) is 12.1 Å². The molecule has 0 saturated carbocycles. The smallest absolute Gasteiger partial charge is 0.325 e. The van der Waals surface area contributed by atoms with Gasteiger partial charge >= 0.3 is 5.97 Å². The monoisotopic (exact) mass is 196 g/mol. The third-order valence-corrected chi connectivity index (χ3v) is 1.40. The molecule has 1 aromatic heterocycles. The zero-order chi connectivity index (χ0) is 10.4. The molecule has 1 aromatic rings. The predicted molar refractivity (Wildman–Crippen MR) is 51.6 cm³/mol. The molecule has 0 fully saturated rings. The van der Waals surface area contributed by atoms with Gasteiger partial charge in [0, 0.05) is 0 Å². The highest BCUT2D eigenvalue weighted by atomic mass is 16.5. The van der Waals surface area contributed by atoms with Gasteiger partial charge in [-0.3, -0.25) is 4.79 Å². The van der Waals surface area contributed by atoms with Crippen molar-refractivity contribution in [3.05, 3.63) is 12.1 Å². The first-order valence-electron chi connectivity index (χ1n) is 4.21. The minimum Gasteiger partial charge on any atom is -0.465 e. The van der Waals surface area contributed by atoms with E-state index in [2.05, 4.69) is 15.5 Å². The van der Waals surface area contributed by atoms with Crippen LogP contribution in [0.1, 0.15) is 6.92 Å². The molecule has 0 amide bonds. The van der Waals surface area contributed by atoms with Gasteiger partial charge in [0.2, 0.25) is 0 Å². The van der Waals surface area contributed by atoms with Crippen molar-refractivity contribution in [1.29, 1.82) is 0 Å². The molecule has 6 heteroatoms. The summed E-state index contributed by atoms with van der Waals surface area (Å²) < 4.78 is 4.71. The number of esters is 1. The first-order valence-corrected chi connectivity index (χ1v) is 4.21. The Hall–Kier alpha value is -1.85. The van der Waals surface area contributed by atoms with E-state index in [9.17, 15) is 4.79 Å². The molecule has 0 atom stereocenters. The summed E-state index contributed by atoms with van der Waals surface area (Å²) in [5.41, 5.74) is 5.34. The second kappa shape index (κ2) is 5.00. The van der Waals surface area contributed by atoms with Gasteiger partial charge in [0.1, 0.15) is 18.2 Å². The van der Waals surface area contributed by atoms with Crippen LogP contribution in [-0.4, -0.2) is 29.3 Å². The van der Waals surface area contributed by atoms with Gasteiger partial charge < -0.3 is 15.8 Å². The number of nitrogens with one attached hydrogen (secondary N) is 1. The van der Waals surface area contributed by atoms with Crippen molar-refractivity contribution < 1.29 is 9.53 Å². The van der Waals surface area contributed by atoms with E-state index >= 15 is 0 Å². The van der Waals surface area contributed by atoms with Crippen LogP contribution in [0.2, 0.25) is 0 Å². The molecule has 0 aromatic carbocycles. The lowest BCUT2D eigenvalue weighted by molar-refractivity contribution is -0.140. The van der Waals surface area contributed by atoms with Crippen LogP contribution in [0.3, 0.4) is 0 Å². The Morgan fingerprint density at radius 2 is 2.36 bits per heavy atom. The van der Waals surface area contributed by atoms with Crippen LogP contribution in [-0.2, 0) is 9.53 Å². The summed E-state index contributed by atoms with van der Waals surface area (Å²) in [5, 5.41) is 10.1. The number of ether oxygens (including phenoxy) is 1. The summed E-state index contributed by atoms with van der Waals surface area (Å²) in [5.74, 6) is 0.505. The topological polar surface area (TPSA) is 90.1 Å². The van der Waals surface area contributed by atoms with E-state index in [1.54, 1.807) is 19.1 Å². The van der Waals surface area contributed by atoms with Gasteiger partial charge in [-0.1, -0.05) is 0 Å². The lowest BCUT2D eigenvalue weighted by Gasteiger charge is -2.03. The van der Waals surface area contributed by atoms with Crippen molar-refractivity contribution in [3.63, 3.8) is 0 Å². The van der Waals surface area contributed by atoms with Gasteiger partial charge in [0.25, 0.3) is 0 Å². The van der Waals surface area contributed by atoms with Crippen LogP contribution in [0.5, 0.6) is 0 Å². The molecule has 0 aliphatic rings. The van der Waals surface area contributed by atoms with Gasteiger partial charge in [-0.05, 0) is 19.1 Å². The van der Waals surface area contributed by atoms with Gasteiger partial charge in [-0.25, -0.2) is 0 Å². The minimum atomic E-state index is -0.328. The maximum atomic E-state index is 10.9. The molecule has 14 heavy (non-hydrogen) atoms. The Labute approximate surface area is 81.5 Å². The SMILES string of the molecule is CCOC(=O)CNc1ccc(N)nn1. The molecule has 0 unspecified atom stereocenters. The van der Waals surface area contributed by atoms with E-state index in [4.69, 9.17) is 10.5 Å². The normalized spacial score (nSPS) is 9.50. The third-order valence-electron chi connectivity index (χ3n) is 1.40. The molecule has 0 aliphatic carbocycles. The first-order chi connectivity index (χ1) is 6.72. The lowest BCUT2D eigenvalue weighted by atomic mass is 10.5. The fourth-order valence-corrected chi connectivity index (χ4v) is 0.812. The fraction of sp³-hybridized carbons (Fsp3) is 0.375. The Bertz CT molecular complexity index is 299. The van der Waals surface area contributed by atoms with E-state index < -0.39 is 0 Å². The quantitative estimate of drug-likeness (QED) is 0.660. The van der Waals surface area contributed by atoms with Crippen molar-refractivity contribution >= 4 is 17.6 Å². The number of anilines is 2. The fourth-order valence-electron chi connectivity index (χ4n) is 0.812. The lowest BCUT2D eigenvalue weighted by Crippen LogP contribution is -2.17. The van der Waals surface area contributed by atoms with Crippen LogP contribution in [0, 0.1) is 0 Å². The van der Waals surface area contributed by atoms with Crippen molar-refractivity contribution in [2.24, 2.45) is 0 Å². The zero-order valence-electron chi connectivity index (χ0n) is 7.86. The van der Waals surface area contributed by atoms with Crippen molar-refractivity contribution in [2.45, 2.75) is 6.92 Å². The van der Waals surface area contributed by atoms with Gasteiger partial charge in [-0.2, -0.15) is 0 Å². The highest BCUT2D eigenvalue weighted by Gasteiger charge is 2.01. The number of hydrogen-bond donors (Lipinski definition) is 2. The molecule has 0 aliphatic heterocycles.